The number of rotatable bonds is 0. The molecule has 4 rings (SSSR count). The Hall–Kier alpha value is -1.59. The van der Waals surface area contributed by atoms with Gasteiger partial charge in [-0.25, -0.2) is 4.98 Å². The molecule has 1 fully saturated rings. The molecule has 0 N–H and O–H groups in total. The van der Waals surface area contributed by atoms with Crippen molar-refractivity contribution in [1.82, 2.24) is 30.2 Å². The highest BCUT2D eigenvalue weighted by molar-refractivity contribution is 5.43. The van der Waals surface area contributed by atoms with Crippen molar-refractivity contribution in [3.63, 3.8) is 0 Å². The van der Waals surface area contributed by atoms with E-state index >= 15 is 0 Å². The molecule has 0 aliphatic heterocycles. The Kier molecular flexibility index (Phi) is 1.37. The lowest BCUT2D eigenvalue weighted by Gasteiger charge is -2.33. The first kappa shape index (κ1) is 9.44. The van der Waals surface area contributed by atoms with Crippen LogP contribution in [0.25, 0.3) is 5.78 Å². The molecule has 0 unspecified atom stereocenters. The summed E-state index contributed by atoms with van der Waals surface area (Å²) in [5.74, 6) is 0.997. The Balaban J connectivity index is 2.09. The molecule has 0 spiro atoms. The van der Waals surface area contributed by atoms with Crippen molar-refractivity contribution in [2.24, 2.45) is 5.41 Å². The van der Waals surface area contributed by atoms with Gasteiger partial charge >= 0.3 is 0 Å². The number of fused-ring (bicyclic) bond motifs is 6. The minimum atomic E-state index is 0.119. The largest absolute Gasteiger partial charge is 0.291 e. The minimum absolute atomic E-state index is 0.119. The van der Waals surface area contributed by atoms with Gasteiger partial charge in [0.2, 0.25) is 0 Å². The molecular weight excluding hydrogens is 216 g/mol. The third-order valence-corrected chi connectivity index (χ3v) is 5.17. The molecule has 17 heavy (non-hydrogen) atoms. The monoisotopic (exact) mass is 230 g/mol. The molecule has 2 aromatic rings. The molecule has 1 saturated carbocycles. The van der Waals surface area contributed by atoms with Crippen molar-refractivity contribution in [2.45, 2.75) is 44.9 Å². The lowest BCUT2D eigenvalue weighted by Crippen LogP contribution is -2.32. The number of hydrogen-bond acceptors (Lipinski definition) is 5. The molecule has 0 amide bonds. The standard InChI is InChI=1S/C11H14N6/c1-10(2)6-4-5-11(10,3)8-7(6)14-17-9(12-8)13-15-16-17/h6H,4-5H2,1-3H3/t6-,11+/m1/s1. The normalized spacial score (nSPS) is 33.2. The van der Waals surface area contributed by atoms with Gasteiger partial charge in [-0.05, 0) is 28.7 Å². The number of tetrazole rings is 1. The van der Waals surface area contributed by atoms with Crippen LogP contribution >= 0.6 is 0 Å². The summed E-state index contributed by atoms with van der Waals surface area (Å²) >= 11 is 0. The van der Waals surface area contributed by atoms with Crippen molar-refractivity contribution in [1.29, 1.82) is 0 Å². The van der Waals surface area contributed by atoms with Crippen LogP contribution in [-0.2, 0) is 5.41 Å². The summed E-state index contributed by atoms with van der Waals surface area (Å²) < 4.78 is 1.44. The van der Waals surface area contributed by atoms with Gasteiger partial charge in [0.1, 0.15) is 0 Å². The second kappa shape index (κ2) is 2.47. The van der Waals surface area contributed by atoms with E-state index in [0.717, 1.165) is 11.4 Å². The van der Waals surface area contributed by atoms with Gasteiger partial charge in [0.25, 0.3) is 5.78 Å². The molecule has 2 aliphatic rings. The van der Waals surface area contributed by atoms with Gasteiger partial charge in [0.15, 0.2) is 0 Å². The van der Waals surface area contributed by atoms with E-state index in [-0.39, 0.29) is 10.8 Å². The Bertz CT molecular complexity index is 630. The fourth-order valence-corrected chi connectivity index (χ4v) is 3.66. The van der Waals surface area contributed by atoms with Crippen molar-refractivity contribution < 1.29 is 0 Å². The summed E-state index contributed by atoms with van der Waals surface area (Å²) in [6, 6.07) is 0. The van der Waals surface area contributed by atoms with E-state index in [0.29, 0.717) is 11.7 Å². The zero-order chi connectivity index (χ0) is 11.8. The Labute approximate surface area is 98.4 Å². The first-order valence-corrected chi connectivity index (χ1v) is 6.01. The van der Waals surface area contributed by atoms with E-state index in [4.69, 9.17) is 0 Å². The van der Waals surface area contributed by atoms with Crippen LogP contribution in [0, 0.1) is 5.41 Å². The summed E-state index contributed by atoms with van der Waals surface area (Å²) in [6.45, 7) is 6.94. The first-order chi connectivity index (χ1) is 8.04. The third kappa shape index (κ3) is 0.840. The number of hydrogen-bond donors (Lipinski definition) is 0. The van der Waals surface area contributed by atoms with Gasteiger partial charge in [-0.15, -0.1) is 5.10 Å². The van der Waals surface area contributed by atoms with Crippen LogP contribution in [0.3, 0.4) is 0 Å². The smallest absolute Gasteiger partial charge is 0.211 e. The maximum absolute atomic E-state index is 4.63. The van der Waals surface area contributed by atoms with Gasteiger partial charge in [-0.3, -0.25) is 0 Å². The molecule has 2 aliphatic carbocycles. The van der Waals surface area contributed by atoms with Crippen LogP contribution in [0.1, 0.15) is 50.9 Å². The maximum atomic E-state index is 4.63. The Morgan fingerprint density at radius 3 is 2.94 bits per heavy atom. The van der Waals surface area contributed by atoms with Crippen LogP contribution in [0.4, 0.5) is 0 Å². The zero-order valence-corrected chi connectivity index (χ0v) is 10.2. The van der Waals surface area contributed by atoms with E-state index < -0.39 is 0 Å². The second-order valence-corrected chi connectivity index (χ2v) is 5.96. The SMILES string of the molecule is CC1(C)[C@@H]2CC[C@@]1(C)c1nc3nnnn3nc12. The third-order valence-electron chi connectivity index (χ3n) is 5.17. The predicted molar refractivity (Wildman–Crippen MR) is 59.5 cm³/mol. The molecule has 2 aromatic heterocycles. The van der Waals surface area contributed by atoms with E-state index in [9.17, 15) is 0 Å². The molecule has 88 valence electrons. The Morgan fingerprint density at radius 1 is 1.29 bits per heavy atom. The molecule has 2 bridgehead atoms. The fourth-order valence-electron chi connectivity index (χ4n) is 3.66. The number of aromatic nitrogens is 6. The van der Waals surface area contributed by atoms with Gasteiger partial charge in [0, 0.05) is 11.3 Å². The van der Waals surface area contributed by atoms with Crippen LogP contribution < -0.4 is 0 Å². The topological polar surface area (TPSA) is 68.9 Å². The summed E-state index contributed by atoms with van der Waals surface area (Å²) in [6.07, 6.45) is 2.38. The Morgan fingerprint density at radius 2 is 2.12 bits per heavy atom. The molecule has 2 atom stereocenters. The van der Waals surface area contributed by atoms with Crippen LogP contribution in [0.5, 0.6) is 0 Å². The highest BCUT2D eigenvalue weighted by atomic mass is 15.6. The minimum Gasteiger partial charge on any atom is -0.211 e. The quantitative estimate of drug-likeness (QED) is 0.677. The molecule has 0 radical (unpaired) electrons. The highest BCUT2D eigenvalue weighted by Gasteiger charge is 2.61. The zero-order valence-electron chi connectivity index (χ0n) is 10.2. The predicted octanol–water partition coefficient (Wildman–Crippen LogP) is 1.09. The van der Waals surface area contributed by atoms with Gasteiger partial charge in [-0.2, -0.15) is 0 Å². The molecule has 6 heteroatoms. The average molecular weight is 230 g/mol. The van der Waals surface area contributed by atoms with Gasteiger partial charge in [-0.1, -0.05) is 30.5 Å². The second-order valence-electron chi connectivity index (χ2n) is 5.96. The summed E-state index contributed by atoms with van der Waals surface area (Å²) in [4.78, 5) is 4.63. The fraction of sp³-hybridized carbons (Fsp3) is 0.727. The molecule has 6 nitrogen and oxygen atoms in total. The molecule has 0 saturated heterocycles. The van der Waals surface area contributed by atoms with E-state index in [2.05, 4.69) is 46.4 Å². The van der Waals surface area contributed by atoms with Gasteiger partial charge in [0.05, 0.1) is 11.4 Å². The lowest BCUT2D eigenvalue weighted by atomic mass is 9.70. The average Bonchev–Trinajstić information content (AvgIpc) is 2.85. The number of nitrogens with zero attached hydrogens (tertiary/aromatic N) is 6. The van der Waals surface area contributed by atoms with Crippen LogP contribution in [-0.4, -0.2) is 30.2 Å². The van der Waals surface area contributed by atoms with Crippen molar-refractivity contribution >= 4 is 5.78 Å². The van der Waals surface area contributed by atoms with Crippen molar-refractivity contribution in [3.05, 3.63) is 11.4 Å². The molecule has 2 heterocycles. The maximum Gasteiger partial charge on any atom is 0.291 e. The van der Waals surface area contributed by atoms with Crippen molar-refractivity contribution in [2.75, 3.05) is 0 Å². The lowest BCUT2D eigenvalue weighted by molar-refractivity contribution is 0.227. The van der Waals surface area contributed by atoms with E-state index in [1.807, 2.05) is 0 Å². The van der Waals surface area contributed by atoms with Crippen molar-refractivity contribution in [3.8, 4) is 0 Å². The molecular formula is C11H14N6. The highest BCUT2D eigenvalue weighted by Crippen LogP contribution is 2.66. The van der Waals surface area contributed by atoms with E-state index in [1.54, 1.807) is 0 Å². The van der Waals surface area contributed by atoms with Crippen LogP contribution in [0.15, 0.2) is 0 Å². The van der Waals surface area contributed by atoms with E-state index in [1.165, 1.54) is 17.5 Å². The van der Waals surface area contributed by atoms with Gasteiger partial charge < -0.3 is 0 Å². The first-order valence-electron chi connectivity index (χ1n) is 6.01. The summed E-state index contributed by atoms with van der Waals surface area (Å²) in [7, 11) is 0. The summed E-state index contributed by atoms with van der Waals surface area (Å²) in [5.41, 5.74) is 2.56. The van der Waals surface area contributed by atoms with Crippen LogP contribution in [0.2, 0.25) is 0 Å². The molecule has 0 aromatic carbocycles. The summed E-state index contributed by atoms with van der Waals surface area (Å²) in [5, 5.41) is 15.9.